The molecule has 1 saturated carbocycles. The molecule has 1 aliphatic carbocycles. The van der Waals surface area contributed by atoms with Crippen molar-refractivity contribution in [3.8, 4) is 0 Å². The van der Waals surface area contributed by atoms with E-state index >= 15 is 0 Å². The molecular formula is C13H25NO3. The summed E-state index contributed by atoms with van der Waals surface area (Å²) in [6.45, 7) is 2.36. The molecule has 2 atom stereocenters. The Morgan fingerprint density at radius 1 is 1.41 bits per heavy atom. The maximum atomic E-state index is 11.1. The van der Waals surface area contributed by atoms with Gasteiger partial charge in [0.25, 0.3) is 0 Å². The van der Waals surface area contributed by atoms with Gasteiger partial charge in [-0.05, 0) is 25.2 Å². The van der Waals surface area contributed by atoms with Gasteiger partial charge < -0.3 is 9.84 Å². The van der Waals surface area contributed by atoms with E-state index in [0.29, 0.717) is 12.0 Å². The molecule has 0 amide bonds. The van der Waals surface area contributed by atoms with E-state index in [-0.39, 0.29) is 6.61 Å². The van der Waals surface area contributed by atoms with Gasteiger partial charge in [0.15, 0.2) is 0 Å². The normalized spacial score (nSPS) is 21.1. The quantitative estimate of drug-likeness (QED) is 0.718. The molecule has 1 aliphatic rings. The molecule has 0 saturated heterocycles. The fourth-order valence-corrected chi connectivity index (χ4v) is 2.74. The van der Waals surface area contributed by atoms with Gasteiger partial charge in [-0.3, -0.25) is 10.1 Å². The van der Waals surface area contributed by atoms with Gasteiger partial charge in [-0.15, -0.1) is 0 Å². The summed E-state index contributed by atoms with van der Waals surface area (Å²) in [5.74, 6) is -0.187. The molecule has 4 heteroatoms. The second kappa shape index (κ2) is 7.67. The number of nitrogens with one attached hydrogen (secondary N) is 1. The number of carboxylic acids is 1. The van der Waals surface area contributed by atoms with Crippen LogP contribution in [-0.2, 0) is 9.53 Å². The van der Waals surface area contributed by atoms with Crippen molar-refractivity contribution in [2.45, 2.75) is 57.5 Å². The standard InChI is InChI=1S/C13H25NO3/c1-3-11(10-7-5-4-6-8-10)14-12(9-17-2)13(15)16/h10-12,14H,3-9H2,1-2H3,(H,15,16). The lowest BCUT2D eigenvalue weighted by atomic mass is 9.82. The number of ether oxygens (including phenoxy) is 1. The minimum atomic E-state index is -0.818. The van der Waals surface area contributed by atoms with E-state index in [1.165, 1.54) is 32.1 Å². The van der Waals surface area contributed by atoms with Crippen molar-refractivity contribution in [3.63, 3.8) is 0 Å². The highest BCUT2D eigenvalue weighted by Crippen LogP contribution is 2.27. The SMILES string of the molecule is CCC(NC(COC)C(=O)O)C1CCCCC1. The topological polar surface area (TPSA) is 58.6 Å². The Labute approximate surface area is 104 Å². The monoisotopic (exact) mass is 243 g/mol. The van der Waals surface area contributed by atoms with Crippen molar-refractivity contribution in [2.24, 2.45) is 5.92 Å². The van der Waals surface area contributed by atoms with E-state index < -0.39 is 12.0 Å². The smallest absolute Gasteiger partial charge is 0.323 e. The van der Waals surface area contributed by atoms with Gasteiger partial charge in [0.2, 0.25) is 0 Å². The zero-order valence-corrected chi connectivity index (χ0v) is 10.9. The minimum Gasteiger partial charge on any atom is -0.480 e. The lowest BCUT2D eigenvalue weighted by Gasteiger charge is -2.32. The second-order valence-corrected chi connectivity index (χ2v) is 4.93. The van der Waals surface area contributed by atoms with Crippen LogP contribution in [0.2, 0.25) is 0 Å². The Morgan fingerprint density at radius 2 is 2.06 bits per heavy atom. The highest BCUT2D eigenvalue weighted by atomic mass is 16.5. The van der Waals surface area contributed by atoms with Gasteiger partial charge in [-0.25, -0.2) is 0 Å². The van der Waals surface area contributed by atoms with Gasteiger partial charge in [0.05, 0.1) is 6.61 Å². The van der Waals surface area contributed by atoms with Crippen molar-refractivity contribution < 1.29 is 14.6 Å². The molecule has 0 spiro atoms. The summed E-state index contributed by atoms with van der Waals surface area (Å²) in [6, 6.07) is -0.265. The third kappa shape index (κ3) is 4.64. The highest BCUT2D eigenvalue weighted by molar-refractivity contribution is 5.73. The van der Waals surface area contributed by atoms with Crippen LogP contribution in [0.3, 0.4) is 0 Å². The minimum absolute atomic E-state index is 0.235. The molecule has 1 rings (SSSR count). The van der Waals surface area contributed by atoms with Crippen LogP contribution in [0.5, 0.6) is 0 Å². The molecule has 0 radical (unpaired) electrons. The van der Waals surface area contributed by atoms with E-state index in [4.69, 9.17) is 9.84 Å². The molecule has 1 fully saturated rings. The van der Waals surface area contributed by atoms with Gasteiger partial charge in [-0.2, -0.15) is 0 Å². The van der Waals surface area contributed by atoms with Crippen LogP contribution in [0.25, 0.3) is 0 Å². The maximum Gasteiger partial charge on any atom is 0.323 e. The first-order valence-corrected chi connectivity index (χ1v) is 6.66. The molecule has 2 N–H and O–H groups in total. The highest BCUT2D eigenvalue weighted by Gasteiger charge is 2.27. The predicted molar refractivity (Wildman–Crippen MR) is 67.1 cm³/mol. The number of rotatable bonds is 7. The Balaban J connectivity index is 2.50. The lowest BCUT2D eigenvalue weighted by Crippen LogP contribution is -2.49. The Bertz CT molecular complexity index is 227. The molecule has 0 aromatic rings. The number of methoxy groups -OCH3 is 1. The average molecular weight is 243 g/mol. The summed E-state index contributed by atoms with van der Waals surface area (Å²) in [5, 5.41) is 12.4. The van der Waals surface area contributed by atoms with Crippen molar-refractivity contribution >= 4 is 5.97 Å². The number of hydrogen-bond donors (Lipinski definition) is 2. The molecule has 0 bridgehead atoms. The number of hydrogen-bond acceptors (Lipinski definition) is 3. The van der Waals surface area contributed by atoms with Crippen LogP contribution in [0, 0.1) is 5.92 Å². The zero-order valence-electron chi connectivity index (χ0n) is 10.9. The number of carboxylic acid groups (broad SMARTS) is 1. The van der Waals surface area contributed by atoms with Crippen molar-refractivity contribution in [1.82, 2.24) is 5.32 Å². The van der Waals surface area contributed by atoms with E-state index in [1.54, 1.807) is 7.11 Å². The van der Waals surface area contributed by atoms with Crippen LogP contribution in [0.15, 0.2) is 0 Å². The first kappa shape index (κ1) is 14.5. The van der Waals surface area contributed by atoms with Gasteiger partial charge in [0.1, 0.15) is 6.04 Å². The van der Waals surface area contributed by atoms with Crippen LogP contribution < -0.4 is 5.32 Å². The van der Waals surface area contributed by atoms with Crippen molar-refractivity contribution in [1.29, 1.82) is 0 Å². The van der Waals surface area contributed by atoms with Crippen LogP contribution >= 0.6 is 0 Å². The second-order valence-electron chi connectivity index (χ2n) is 4.93. The number of carbonyl (C=O) groups is 1. The summed E-state index contributed by atoms with van der Waals surface area (Å²) in [6.07, 6.45) is 7.33. The van der Waals surface area contributed by atoms with Crippen LogP contribution in [0.1, 0.15) is 45.4 Å². The molecule has 0 heterocycles. The Hall–Kier alpha value is -0.610. The third-order valence-corrected chi connectivity index (χ3v) is 3.71. The molecule has 0 aliphatic heterocycles. The summed E-state index contributed by atoms with van der Waals surface area (Å²) >= 11 is 0. The molecular weight excluding hydrogens is 218 g/mol. The van der Waals surface area contributed by atoms with Crippen molar-refractivity contribution in [3.05, 3.63) is 0 Å². The Morgan fingerprint density at radius 3 is 2.53 bits per heavy atom. The van der Waals surface area contributed by atoms with E-state index in [2.05, 4.69) is 12.2 Å². The van der Waals surface area contributed by atoms with E-state index in [9.17, 15) is 4.79 Å². The average Bonchev–Trinajstić information content (AvgIpc) is 2.35. The van der Waals surface area contributed by atoms with Crippen molar-refractivity contribution in [2.75, 3.05) is 13.7 Å². The fraction of sp³-hybridized carbons (Fsp3) is 0.923. The number of aliphatic carboxylic acids is 1. The zero-order chi connectivity index (χ0) is 12.7. The maximum absolute atomic E-state index is 11.1. The van der Waals surface area contributed by atoms with Gasteiger partial charge >= 0.3 is 5.97 Å². The van der Waals surface area contributed by atoms with E-state index in [1.807, 2.05) is 0 Å². The first-order valence-electron chi connectivity index (χ1n) is 6.66. The van der Waals surface area contributed by atoms with Crippen LogP contribution in [0.4, 0.5) is 0 Å². The largest absolute Gasteiger partial charge is 0.480 e. The molecule has 17 heavy (non-hydrogen) atoms. The summed E-state index contributed by atoms with van der Waals surface area (Å²) in [5.41, 5.74) is 0. The summed E-state index contributed by atoms with van der Waals surface area (Å²) in [7, 11) is 1.54. The molecule has 100 valence electrons. The van der Waals surface area contributed by atoms with Gasteiger partial charge in [-0.1, -0.05) is 26.2 Å². The predicted octanol–water partition coefficient (Wildman–Crippen LogP) is 2.03. The first-order chi connectivity index (χ1) is 8.19. The lowest BCUT2D eigenvalue weighted by molar-refractivity contribution is -0.141. The van der Waals surface area contributed by atoms with Crippen LogP contribution in [-0.4, -0.2) is 36.9 Å². The molecule has 4 nitrogen and oxygen atoms in total. The summed E-state index contributed by atoms with van der Waals surface area (Å²) < 4.78 is 4.95. The fourth-order valence-electron chi connectivity index (χ4n) is 2.74. The Kier molecular flexibility index (Phi) is 6.52. The molecule has 0 aromatic carbocycles. The molecule has 2 unspecified atom stereocenters. The van der Waals surface area contributed by atoms with E-state index in [0.717, 1.165) is 6.42 Å². The molecule has 0 aromatic heterocycles. The third-order valence-electron chi connectivity index (χ3n) is 3.71. The van der Waals surface area contributed by atoms with Gasteiger partial charge in [0, 0.05) is 13.2 Å². The summed E-state index contributed by atoms with van der Waals surface area (Å²) in [4.78, 5) is 11.1.